The van der Waals surface area contributed by atoms with Gasteiger partial charge >= 0.3 is 0 Å². The Morgan fingerprint density at radius 1 is 1.00 bits per heavy atom. The summed E-state index contributed by atoms with van der Waals surface area (Å²) >= 11 is 0. The minimum absolute atomic E-state index is 0.0396. The SMILES string of the molecule is COc1cnc(N2C=CC(c3ccccc3)N2)c2[nH]cc(C(=O)C(=O)N3CCN(C(=O)c4ccccc4)[C@H](C)C3)c12. The Balaban J connectivity index is 1.22. The zero-order valence-electron chi connectivity index (χ0n) is 22.8. The quantitative estimate of drug-likeness (QED) is 0.278. The van der Waals surface area contributed by atoms with Crippen molar-refractivity contribution in [3.8, 4) is 5.75 Å². The molecule has 1 fully saturated rings. The van der Waals surface area contributed by atoms with Crippen LogP contribution in [0.15, 0.2) is 85.3 Å². The maximum absolute atomic E-state index is 13.6. The molecule has 6 rings (SSSR count). The van der Waals surface area contributed by atoms with E-state index in [0.717, 1.165) is 5.56 Å². The minimum Gasteiger partial charge on any atom is -0.494 e. The molecule has 41 heavy (non-hydrogen) atoms. The van der Waals surface area contributed by atoms with Gasteiger partial charge < -0.3 is 19.5 Å². The Morgan fingerprint density at radius 2 is 1.73 bits per heavy atom. The topological polar surface area (TPSA) is 111 Å². The number of carbonyl (C=O) groups excluding carboxylic acids is 3. The number of Topliss-reactive ketones (excluding diaryl/α,β-unsaturated/α-hetero) is 1. The summed E-state index contributed by atoms with van der Waals surface area (Å²) in [5, 5.41) is 2.27. The molecule has 2 atom stereocenters. The average molecular weight is 551 g/mol. The van der Waals surface area contributed by atoms with Crippen LogP contribution in [0.25, 0.3) is 10.9 Å². The van der Waals surface area contributed by atoms with E-state index < -0.39 is 11.7 Å². The Kier molecular flexibility index (Phi) is 6.98. The van der Waals surface area contributed by atoms with Gasteiger partial charge in [-0.3, -0.25) is 19.4 Å². The fourth-order valence-corrected chi connectivity index (χ4v) is 5.46. The van der Waals surface area contributed by atoms with Gasteiger partial charge in [0.05, 0.1) is 35.8 Å². The van der Waals surface area contributed by atoms with E-state index in [9.17, 15) is 14.4 Å². The highest BCUT2D eigenvalue weighted by Crippen LogP contribution is 2.35. The van der Waals surface area contributed by atoms with Crippen molar-refractivity contribution in [2.75, 3.05) is 31.8 Å². The fraction of sp³-hybridized carbons (Fsp3) is 0.226. The van der Waals surface area contributed by atoms with Crippen LogP contribution < -0.4 is 15.2 Å². The van der Waals surface area contributed by atoms with E-state index in [-0.39, 0.29) is 36.6 Å². The highest BCUT2D eigenvalue weighted by Gasteiger charge is 2.34. The van der Waals surface area contributed by atoms with Crippen LogP contribution in [0.5, 0.6) is 5.75 Å². The van der Waals surface area contributed by atoms with Gasteiger partial charge in [0, 0.05) is 43.6 Å². The second kappa shape index (κ2) is 10.9. The van der Waals surface area contributed by atoms with Crippen LogP contribution >= 0.6 is 0 Å². The Morgan fingerprint density at radius 3 is 2.44 bits per heavy atom. The Bertz CT molecular complexity index is 1630. The van der Waals surface area contributed by atoms with Crippen LogP contribution in [0.1, 0.15) is 39.2 Å². The van der Waals surface area contributed by atoms with E-state index in [0.29, 0.717) is 34.6 Å². The summed E-state index contributed by atoms with van der Waals surface area (Å²) in [5.41, 5.74) is 5.88. The van der Waals surface area contributed by atoms with Crippen molar-refractivity contribution in [2.45, 2.75) is 19.0 Å². The molecule has 0 aliphatic carbocycles. The summed E-state index contributed by atoms with van der Waals surface area (Å²) in [6, 6.07) is 18.8. The second-order valence-corrected chi connectivity index (χ2v) is 10.1. The van der Waals surface area contributed by atoms with Gasteiger partial charge in [0.15, 0.2) is 5.82 Å². The highest BCUT2D eigenvalue weighted by molar-refractivity contribution is 6.45. The first-order valence-electron chi connectivity index (χ1n) is 13.5. The maximum Gasteiger partial charge on any atom is 0.295 e. The first-order valence-corrected chi connectivity index (χ1v) is 13.5. The number of pyridine rings is 1. The number of anilines is 1. The fourth-order valence-electron chi connectivity index (χ4n) is 5.46. The number of nitrogens with zero attached hydrogens (tertiary/aromatic N) is 4. The van der Waals surface area contributed by atoms with Crippen molar-refractivity contribution in [2.24, 2.45) is 0 Å². The first-order chi connectivity index (χ1) is 20.0. The number of rotatable bonds is 6. The van der Waals surface area contributed by atoms with Crippen molar-refractivity contribution in [3.63, 3.8) is 0 Å². The normalized spacial score (nSPS) is 18.6. The number of amides is 2. The zero-order chi connectivity index (χ0) is 28.5. The molecule has 0 bridgehead atoms. The van der Waals surface area contributed by atoms with Gasteiger partial charge in [0.1, 0.15) is 5.75 Å². The monoisotopic (exact) mass is 550 g/mol. The van der Waals surface area contributed by atoms with E-state index in [4.69, 9.17) is 4.74 Å². The van der Waals surface area contributed by atoms with E-state index in [1.54, 1.807) is 28.2 Å². The molecule has 2 aliphatic rings. The molecule has 4 heterocycles. The molecule has 2 amide bonds. The average Bonchev–Trinajstić information content (AvgIpc) is 3.69. The zero-order valence-corrected chi connectivity index (χ0v) is 22.8. The molecule has 0 radical (unpaired) electrons. The lowest BCUT2D eigenvalue weighted by atomic mass is 10.1. The molecule has 208 valence electrons. The van der Waals surface area contributed by atoms with Crippen molar-refractivity contribution < 1.29 is 19.1 Å². The first kappa shape index (κ1) is 26.3. The molecule has 10 nitrogen and oxygen atoms in total. The smallest absolute Gasteiger partial charge is 0.295 e. The van der Waals surface area contributed by atoms with Gasteiger partial charge in [0.25, 0.3) is 17.6 Å². The van der Waals surface area contributed by atoms with Crippen LogP contribution in [0.2, 0.25) is 0 Å². The molecule has 2 N–H and O–H groups in total. The Hall–Kier alpha value is -4.96. The molecule has 2 aromatic carbocycles. The van der Waals surface area contributed by atoms with E-state index >= 15 is 0 Å². The van der Waals surface area contributed by atoms with E-state index in [1.165, 1.54) is 18.2 Å². The van der Waals surface area contributed by atoms with Crippen LogP contribution in [0.3, 0.4) is 0 Å². The molecule has 10 heteroatoms. The van der Waals surface area contributed by atoms with Gasteiger partial charge in [-0.25, -0.2) is 10.4 Å². The Labute approximate surface area is 237 Å². The number of ketones is 1. The maximum atomic E-state index is 13.6. The number of ether oxygens (including phenoxy) is 1. The molecule has 1 unspecified atom stereocenters. The number of benzene rings is 2. The molecule has 0 spiro atoms. The molecule has 2 aromatic heterocycles. The summed E-state index contributed by atoms with van der Waals surface area (Å²) in [6.07, 6.45) is 6.99. The number of fused-ring (bicyclic) bond motifs is 1. The summed E-state index contributed by atoms with van der Waals surface area (Å²) in [4.78, 5) is 51.0. The predicted octanol–water partition coefficient (Wildman–Crippen LogP) is 3.71. The van der Waals surface area contributed by atoms with Gasteiger partial charge in [-0.1, -0.05) is 48.5 Å². The molecule has 0 saturated carbocycles. The van der Waals surface area contributed by atoms with Gasteiger partial charge in [0.2, 0.25) is 0 Å². The number of nitrogens with one attached hydrogen (secondary N) is 2. The van der Waals surface area contributed by atoms with E-state index in [1.807, 2.05) is 67.7 Å². The third-order valence-electron chi connectivity index (χ3n) is 7.60. The van der Waals surface area contributed by atoms with Gasteiger partial charge in [-0.2, -0.15) is 0 Å². The van der Waals surface area contributed by atoms with Gasteiger partial charge in [-0.15, -0.1) is 0 Å². The van der Waals surface area contributed by atoms with Crippen LogP contribution in [0.4, 0.5) is 5.82 Å². The largest absolute Gasteiger partial charge is 0.494 e. The number of hydrazine groups is 1. The van der Waals surface area contributed by atoms with E-state index in [2.05, 4.69) is 15.4 Å². The number of aromatic nitrogens is 2. The van der Waals surface area contributed by atoms with Crippen molar-refractivity contribution in [1.82, 2.24) is 25.2 Å². The number of hydrogen-bond donors (Lipinski definition) is 2. The second-order valence-electron chi connectivity index (χ2n) is 10.1. The lowest BCUT2D eigenvalue weighted by Crippen LogP contribution is -2.56. The number of aromatic amines is 1. The highest BCUT2D eigenvalue weighted by atomic mass is 16.5. The number of H-pyrrole nitrogens is 1. The van der Waals surface area contributed by atoms with Crippen LogP contribution in [-0.4, -0.2) is 70.2 Å². The minimum atomic E-state index is -0.645. The summed E-state index contributed by atoms with van der Waals surface area (Å²) in [6.45, 7) is 2.76. The molecular weight excluding hydrogens is 520 g/mol. The van der Waals surface area contributed by atoms with Crippen molar-refractivity contribution >= 4 is 34.3 Å². The molecular formula is C31H30N6O4. The standard InChI is InChI=1S/C31H30N6O4/c1-20-19-35(15-16-36(20)30(39)22-11-7-4-8-12-22)31(40)28(38)23-17-32-27-26(23)25(41-2)18-33-29(27)37-14-13-24(34-37)21-9-5-3-6-10-21/h3-14,17-18,20,24,32,34H,15-16,19H2,1-2H3/t20-,24?/m1/s1. The van der Waals surface area contributed by atoms with Gasteiger partial charge in [-0.05, 0) is 30.7 Å². The lowest BCUT2D eigenvalue weighted by molar-refractivity contribution is -0.128. The molecule has 2 aliphatic heterocycles. The lowest BCUT2D eigenvalue weighted by Gasteiger charge is -2.39. The van der Waals surface area contributed by atoms with Crippen molar-refractivity contribution in [1.29, 1.82) is 0 Å². The predicted molar refractivity (Wildman–Crippen MR) is 154 cm³/mol. The molecule has 1 saturated heterocycles. The number of hydrogen-bond acceptors (Lipinski definition) is 7. The third kappa shape index (κ3) is 4.82. The number of piperazine rings is 1. The summed E-state index contributed by atoms with van der Waals surface area (Å²) < 4.78 is 5.55. The van der Waals surface area contributed by atoms with Crippen LogP contribution in [-0.2, 0) is 4.79 Å². The summed E-state index contributed by atoms with van der Waals surface area (Å²) in [5.74, 6) is -0.418. The summed E-state index contributed by atoms with van der Waals surface area (Å²) in [7, 11) is 1.50. The van der Waals surface area contributed by atoms with Crippen molar-refractivity contribution in [3.05, 3.63) is 102 Å². The molecule has 4 aromatic rings. The van der Waals surface area contributed by atoms with Crippen LogP contribution in [0, 0.1) is 0 Å². The third-order valence-corrected chi connectivity index (χ3v) is 7.60. The number of carbonyl (C=O) groups is 3. The number of methoxy groups -OCH3 is 1.